The van der Waals surface area contributed by atoms with E-state index in [1.807, 2.05) is 42.5 Å². The third-order valence-corrected chi connectivity index (χ3v) is 9.18. The van der Waals surface area contributed by atoms with Crippen molar-refractivity contribution in [1.29, 1.82) is 0 Å². The van der Waals surface area contributed by atoms with Crippen molar-refractivity contribution in [2.45, 2.75) is 75.7 Å². The average Bonchev–Trinajstić information content (AvgIpc) is 3.44. The number of benzene rings is 3. The molecule has 230 valence electrons. The predicted molar refractivity (Wildman–Crippen MR) is 164 cm³/mol. The van der Waals surface area contributed by atoms with Gasteiger partial charge in [0.1, 0.15) is 17.2 Å². The molecule has 0 aromatic heterocycles. The number of nitrogens with zero attached hydrogens (tertiary/aromatic N) is 1. The Kier molecular flexibility index (Phi) is 8.51. The van der Waals surface area contributed by atoms with E-state index in [1.165, 1.54) is 30.0 Å². The maximum Gasteiger partial charge on any atom is 0.251 e. The lowest BCUT2D eigenvalue weighted by atomic mass is 9.72. The first kappa shape index (κ1) is 30.0. The highest BCUT2D eigenvalue weighted by Crippen LogP contribution is 2.49. The molecule has 2 fully saturated rings. The first-order valence-corrected chi connectivity index (χ1v) is 15.4. The van der Waals surface area contributed by atoms with Crippen LogP contribution in [0.5, 0.6) is 5.75 Å². The van der Waals surface area contributed by atoms with Crippen LogP contribution in [0.4, 0.5) is 10.1 Å². The van der Waals surface area contributed by atoms with Crippen molar-refractivity contribution in [1.82, 2.24) is 10.6 Å². The fourth-order valence-corrected chi connectivity index (χ4v) is 6.52. The van der Waals surface area contributed by atoms with Crippen molar-refractivity contribution in [3.05, 3.63) is 94.8 Å². The number of ether oxygens (including phenoxy) is 1. The summed E-state index contributed by atoms with van der Waals surface area (Å²) in [5.41, 5.74) is 2.49. The van der Waals surface area contributed by atoms with Crippen molar-refractivity contribution in [3.63, 3.8) is 0 Å². The van der Waals surface area contributed by atoms with Crippen LogP contribution >= 0.6 is 0 Å². The summed E-state index contributed by atoms with van der Waals surface area (Å²) in [5.74, 6) is -0.465. The zero-order valence-corrected chi connectivity index (χ0v) is 24.9. The SMILES string of the molecule is CC(=O)c1ccc2c(c1)[C@@H](NC[C@@H](O)[C@H](Cc1ccccc1)NC(=O)c1ccc(F)c(N3CCCC3=O)c1)CC1(CCC1)O2. The monoisotopic (exact) mass is 599 g/mol. The van der Waals surface area contributed by atoms with Crippen LogP contribution in [0, 0.1) is 5.82 Å². The van der Waals surface area contributed by atoms with Gasteiger partial charge < -0.3 is 25.4 Å². The Morgan fingerprint density at radius 1 is 1.07 bits per heavy atom. The number of halogens is 1. The quantitative estimate of drug-likeness (QED) is 0.287. The Bertz CT molecular complexity index is 1560. The van der Waals surface area contributed by atoms with Crippen molar-refractivity contribution < 1.29 is 28.6 Å². The van der Waals surface area contributed by atoms with E-state index in [-0.39, 0.29) is 41.1 Å². The summed E-state index contributed by atoms with van der Waals surface area (Å²) in [6.45, 7) is 2.13. The van der Waals surface area contributed by atoms with Gasteiger partial charge in [-0.1, -0.05) is 30.3 Å². The van der Waals surface area contributed by atoms with Gasteiger partial charge in [0, 0.05) is 48.7 Å². The molecule has 3 aromatic carbocycles. The smallest absolute Gasteiger partial charge is 0.251 e. The molecule has 8 nitrogen and oxygen atoms in total. The molecule has 0 bridgehead atoms. The van der Waals surface area contributed by atoms with Crippen molar-refractivity contribution in [3.8, 4) is 5.75 Å². The molecule has 2 amide bonds. The molecule has 0 unspecified atom stereocenters. The summed E-state index contributed by atoms with van der Waals surface area (Å²) in [4.78, 5) is 39.3. The highest BCUT2D eigenvalue weighted by Gasteiger charge is 2.45. The maximum absolute atomic E-state index is 14.7. The van der Waals surface area contributed by atoms with E-state index in [0.29, 0.717) is 31.4 Å². The number of aliphatic hydroxyl groups excluding tert-OH is 1. The molecule has 1 saturated heterocycles. The van der Waals surface area contributed by atoms with Gasteiger partial charge in [-0.15, -0.1) is 0 Å². The highest BCUT2D eigenvalue weighted by molar-refractivity contribution is 5.99. The first-order chi connectivity index (χ1) is 21.2. The molecule has 1 saturated carbocycles. The van der Waals surface area contributed by atoms with Gasteiger partial charge in [-0.05, 0) is 81.0 Å². The molecule has 2 aliphatic heterocycles. The molecule has 0 radical (unpaired) electrons. The number of aliphatic hydroxyl groups is 1. The van der Waals surface area contributed by atoms with Crippen LogP contribution in [0.15, 0.2) is 66.7 Å². The van der Waals surface area contributed by atoms with Gasteiger partial charge in [-0.2, -0.15) is 0 Å². The third-order valence-electron chi connectivity index (χ3n) is 9.18. The van der Waals surface area contributed by atoms with Crippen LogP contribution in [-0.2, 0) is 11.2 Å². The molecule has 2 heterocycles. The van der Waals surface area contributed by atoms with Gasteiger partial charge in [0.2, 0.25) is 5.91 Å². The second-order valence-electron chi connectivity index (χ2n) is 12.3. The predicted octanol–water partition coefficient (Wildman–Crippen LogP) is 4.89. The minimum absolute atomic E-state index is 0.0285. The summed E-state index contributed by atoms with van der Waals surface area (Å²) >= 11 is 0. The largest absolute Gasteiger partial charge is 0.487 e. The molecule has 3 N–H and O–H groups in total. The lowest BCUT2D eigenvalue weighted by molar-refractivity contribution is -0.117. The number of amides is 2. The standard InChI is InChI=1S/C35H38FN3O5/c1-22(40)24-11-13-32-26(18-24)29(20-35(44-32)14-6-15-35)37-21-31(41)28(17-23-7-3-2-4-8-23)38-34(43)25-10-12-27(36)30(19-25)39-16-5-9-33(39)42/h2-4,7-8,10-13,18-19,28-29,31,37,41H,5-6,9,14-17,20-21H2,1H3,(H,38,43)/t28-,29-,31+/m0/s1. The van der Waals surface area contributed by atoms with E-state index < -0.39 is 23.9 Å². The van der Waals surface area contributed by atoms with Crippen LogP contribution in [0.3, 0.4) is 0 Å². The Labute approximate surface area is 256 Å². The Morgan fingerprint density at radius 2 is 1.84 bits per heavy atom. The molecule has 6 rings (SSSR count). The van der Waals surface area contributed by atoms with Crippen LogP contribution in [0.2, 0.25) is 0 Å². The number of hydrogen-bond donors (Lipinski definition) is 3. The fourth-order valence-electron chi connectivity index (χ4n) is 6.52. The lowest BCUT2D eigenvalue weighted by Crippen LogP contribution is -2.52. The zero-order valence-electron chi connectivity index (χ0n) is 24.9. The van der Waals surface area contributed by atoms with E-state index in [0.717, 1.165) is 42.6 Å². The number of nitrogens with one attached hydrogen (secondary N) is 2. The summed E-state index contributed by atoms with van der Waals surface area (Å²) in [5, 5.41) is 18.0. The average molecular weight is 600 g/mol. The number of carbonyl (C=O) groups excluding carboxylic acids is 3. The maximum atomic E-state index is 14.7. The zero-order chi connectivity index (χ0) is 30.8. The Morgan fingerprint density at radius 3 is 2.52 bits per heavy atom. The van der Waals surface area contributed by atoms with Crippen LogP contribution in [0.25, 0.3) is 0 Å². The Balaban J connectivity index is 1.21. The van der Waals surface area contributed by atoms with Gasteiger partial charge in [-0.3, -0.25) is 14.4 Å². The number of fused-ring (bicyclic) bond motifs is 1. The van der Waals surface area contributed by atoms with E-state index in [9.17, 15) is 23.9 Å². The van der Waals surface area contributed by atoms with E-state index in [1.54, 1.807) is 6.07 Å². The van der Waals surface area contributed by atoms with E-state index in [2.05, 4.69) is 10.6 Å². The van der Waals surface area contributed by atoms with Crippen molar-refractivity contribution >= 4 is 23.3 Å². The highest BCUT2D eigenvalue weighted by atomic mass is 19.1. The molecule has 3 aromatic rings. The minimum Gasteiger partial charge on any atom is -0.487 e. The molecule has 3 aliphatic rings. The second kappa shape index (κ2) is 12.5. The summed E-state index contributed by atoms with van der Waals surface area (Å²) < 4.78 is 21.1. The molecule has 1 aliphatic carbocycles. The molecular weight excluding hydrogens is 561 g/mol. The van der Waals surface area contributed by atoms with Gasteiger partial charge >= 0.3 is 0 Å². The van der Waals surface area contributed by atoms with Crippen molar-refractivity contribution in [2.24, 2.45) is 0 Å². The number of hydrogen-bond acceptors (Lipinski definition) is 6. The van der Waals surface area contributed by atoms with Gasteiger partial charge in [0.25, 0.3) is 5.91 Å². The normalized spacial score (nSPS) is 19.9. The summed E-state index contributed by atoms with van der Waals surface area (Å²) in [6.07, 6.45) is 4.12. The Hall–Kier alpha value is -4.08. The third kappa shape index (κ3) is 6.25. The molecular formula is C35H38FN3O5. The lowest BCUT2D eigenvalue weighted by Gasteiger charge is -2.48. The molecule has 9 heteroatoms. The number of anilines is 1. The van der Waals surface area contributed by atoms with Crippen molar-refractivity contribution in [2.75, 3.05) is 18.0 Å². The molecule has 1 spiro atoms. The van der Waals surface area contributed by atoms with Crippen LogP contribution in [-0.4, -0.2) is 53.5 Å². The summed E-state index contributed by atoms with van der Waals surface area (Å²) in [7, 11) is 0. The first-order valence-electron chi connectivity index (χ1n) is 15.4. The second-order valence-corrected chi connectivity index (χ2v) is 12.3. The topological polar surface area (TPSA) is 108 Å². The number of rotatable bonds is 10. The number of carbonyl (C=O) groups is 3. The summed E-state index contributed by atoms with van der Waals surface area (Å²) in [6, 6.07) is 18.3. The van der Waals surface area contributed by atoms with Gasteiger partial charge in [-0.25, -0.2) is 4.39 Å². The van der Waals surface area contributed by atoms with Crippen LogP contribution < -0.4 is 20.3 Å². The van der Waals surface area contributed by atoms with Gasteiger partial charge in [0.05, 0.1) is 17.8 Å². The van der Waals surface area contributed by atoms with E-state index in [4.69, 9.17) is 4.74 Å². The molecule has 44 heavy (non-hydrogen) atoms. The fraction of sp³-hybridized carbons (Fsp3) is 0.400. The van der Waals surface area contributed by atoms with Gasteiger partial charge in [0.15, 0.2) is 5.78 Å². The minimum atomic E-state index is -0.973. The number of ketones is 1. The van der Waals surface area contributed by atoms with E-state index >= 15 is 0 Å². The molecule has 3 atom stereocenters. The van der Waals surface area contributed by atoms with Crippen LogP contribution in [0.1, 0.15) is 83.3 Å². The number of Topliss-reactive ketones (excluding diaryl/α,β-unsaturated/α-hetero) is 1.